The Labute approximate surface area is 345 Å². The quantitative estimate of drug-likeness (QED) is 0.167. The number of para-hydroxylation sites is 2. The van der Waals surface area contributed by atoms with E-state index in [-0.39, 0.29) is 0 Å². The molecule has 278 valence electrons. The Bertz CT molecular complexity index is 3750. The zero-order valence-electron chi connectivity index (χ0n) is 32.4. The first kappa shape index (κ1) is 33.1. The topological polar surface area (TPSA) is 26.3 Å². The van der Waals surface area contributed by atoms with Crippen LogP contribution in [0.5, 0.6) is 0 Å². The fourth-order valence-electron chi connectivity index (χ4n) is 9.90. The van der Waals surface area contributed by atoms with Gasteiger partial charge in [0.2, 0.25) is 0 Å². The molecular formula is C58H34O2. The Balaban J connectivity index is 1.19. The van der Waals surface area contributed by atoms with E-state index >= 15 is 0 Å². The van der Waals surface area contributed by atoms with Gasteiger partial charge in [-0.1, -0.05) is 158 Å². The van der Waals surface area contributed by atoms with Gasteiger partial charge in [-0.2, -0.15) is 0 Å². The molecule has 0 atom stereocenters. The van der Waals surface area contributed by atoms with Crippen LogP contribution in [-0.2, 0) is 0 Å². The molecule has 0 unspecified atom stereocenters. The summed E-state index contributed by atoms with van der Waals surface area (Å²) in [4.78, 5) is 0. The van der Waals surface area contributed by atoms with Crippen molar-refractivity contribution in [3.63, 3.8) is 0 Å². The van der Waals surface area contributed by atoms with Crippen molar-refractivity contribution >= 4 is 87.0 Å². The second-order valence-corrected chi connectivity index (χ2v) is 15.9. The van der Waals surface area contributed by atoms with Crippen molar-refractivity contribution in [3.8, 4) is 44.5 Å². The smallest absolute Gasteiger partial charge is 0.135 e. The summed E-state index contributed by atoms with van der Waals surface area (Å²) < 4.78 is 12.7. The number of furan rings is 2. The van der Waals surface area contributed by atoms with E-state index in [9.17, 15) is 0 Å². The Hall–Kier alpha value is -7.94. The van der Waals surface area contributed by atoms with Gasteiger partial charge in [0, 0.05) is 21.5 Å². The molecule has 13 aromatic rings. The Kier molecular flexibility index (Phi) is 7.05. The molecule has 2 nitrogen and oxygen atoms in total. The van der Waals surface area contributed by atoms with Crippen LogP contribution in [0.3, 0.4) is 0 Å². The highest BCUT2D eigenvalue weighted by Crippen LogP contribution is 2.48. The highest BCUT2D eigenvalue weighted by atomic mass is 16.3. The molecule has 0 aliphatic carbocycles. The van der Waals surface area contributed by atoms with Gasteiger partial charge in [-0.05, 0) is 136 Å². The van der Waals surface area contributed by atoms with E-state index in [1.54, 1.807) is 0 Å². The average Bonchev–Trinajstić information content (AvgIpc) is 3.88. The van der Waals surface area contributed by atoms with E-state index in [4.69, 9.17) is 8.83 Å². The first-order valence-electron chi connectivity index (χ1n) is 20.6. The van der Waals surface area contributed by atoms with Crippen LogP contribution < -0.4 is 0 Å². The fraction of sp³-hybridized carbons (Fsp3) is 0. The monoisotopic (exact) mass is 762 g/mol. The lowest BCUT2D eigenvalue weighted by Crippen LogP contribution is -1.93. The van der Waals surface area contributed by atoms with E-state index in [0.29, 0.717) is 0 Å². The SMILES string of the molecule is c1ccc2c(-c3ccc4c(-c5ccc6oc7ccccc7c6c5)c5ccc(-c6cccc7ccccc67)cc5c(-c5ccc6oc7ccccc7c6c5)c4c3)cccc2c1. The standard InChI is InChI=1S/C58H34O2/c1-3-15-41-35(11-1)13-9-19-43(41)37-23-27-47-51(31-37)58(40-26-30-56-50(34-40)46-18-6-8-22-54(46)60-56)52-32-38(44-20-10-14-36-12-2-4-16-42(36)44)24-28-48(52)57(47)39-25-29-55-49(33-39)45-17-5-7-21-53(45)59-55/h1-34H. The van der Waals surface area contributed by atoms with Crippen LogP contribution in [0.4, 0.5) is 0 Å². The molecule has 0 spiro atoms. The third-order valence-electron chi connectivity index (χ3n) is 12.6. The van der Waals surface area contributed by atoms with Crippen molar-refractivity contribution < 1.29 is 8.83 Å². The summed E-state index contributed by atoms with van der Waals surface area (Å²) in [7, 11) is 0. The second-order valence-electron chi connectivity index (χ2n) is 15.9. The van der Waals surface area contributed by atoms with Crippen molar-refractivity contribution in [1.29, 1.82) is 0 Å². The number of rotatable bonds is 4. The molecule has 2 heteroatoms. The van der Waals surface area contributed by atoms with Crippen LogP contribution in [-0.4, -0.2) is 0 Å². The van der Waals surface area contributed by atoms with Crippen molar-refractivity contribution in [2.45, 2.75) is 0 Å². The first-order chi connectivity index (χ1) is 29.7. The normalized spacial score (nSPS) is 12.0. The number of benzene rings is 11. The van der Waals surface area contributed by atoms with Gasteiger partial charge < -0.3 is 8.83 Å². The van der Waals surface area contributed by atoms with Crippen LogP contribution >= 0.6 is 0 Å². The van der Waals surface area contributed by atoms with Crippen LogP contribution in [0.15, 0.2) is 215 Å². The number of hydrogen-bond donors (Lipinski definition) is 0. The summed E-state index contributed by atoms with van der Waals surface area (Å²) in [5.74, 6) is 0. The summed E-state index contributed by atoms with van der Waals surface area (Å²) in [5, 5.41) is 14.2. The molecule has 60 heavy (non-hydrogen) atoms. The summed E-state index contributed by atoms with van der Waals surface area (Å²) in [6.45, 7) is 0. The Morgan fingerprint density at radius 1 is 0.217 bits per heavy atom. The zero-order valence-corrected chi connectivity index (χ0v) is 32.4. The summed E-state index contributed by atoms with van der Waals surface area (Å²) in [5.41, 5.74) is 13.1. The molecule has 0 bridgehead atoms. The second kappa shape index (κ2) is 12.8. The summed E-state index contributed by atoms with van der Waals surface area (Å²) >= 11 is 0. The third kappa shape index (κ3) is 4.95. The predicted octanol–water partition coefficient (Wildman–Crippen LogP) is 16.8. The van der Waals surface area contributed by atoms with Crippen molar-refractivity contribution in [2.24, 2.45) is 0 Å². The van der Waals surface area contributed by atoms with Gasteiger partial charge in [0.1, 0.15) is 22.3 Å². The maximum atomic E-state index is 6.38. The van der Waals surface area contributed by atoms with E-state index in [0.717, 1.165) is 55.0 Å². The molecule has 2 aromatic heterocycles. The molecule has 0 aliphatic heterocycles. The molecule has 2 heterocycles. The van der Waals surface area contributed by atoms with Crippen LogP contribution in [0.1, 0.15) is 0 Å². The van der Waals surface area contributed by atoms with Crippen LogP contribution in [0.25, 0.3) is 131 Å². The van der Waals surface area contributed by atoms with Gasteiger partial charge in [0.05, 0.1) is 0 Å². The predicted molar refractivity (Wildman–Crippen MR) is 253 cm³/mol. The lowest BCUT2D eigenvalue weighted by atomic mass is 9.83. The third-order valence-corrected chi connectivity index (χ3v) is 12.6. The maximum absolute atomic E-state index is 6.38. The summed E-state index contributed by atoms with van der Waals surface area (Å²) in [6, 6.07) is 75.0. The Morgan fingerprint density at radius 3 is 1.08 bits per heavy atom. The molecule has 0 radical (unpaired) electrons. The highest BCUT2D eigenvalue weighted by Gasteiger charge is 2.21. The first-order valence-corrected chi connectivity index (χ1v) is 20.6. The maximum Gasteiger partial charge on any atom is 0.135 e. The molecule has 0 aliphatic rings. The van der Waals surface area contributed by atoms with E-state index in [2.05, 4.69) is 194 Å². The van der Waals surface area contributed by atoms with Gasteiger partial charge in [-0.15, -0.1) is 0 Å². The highest BCUT2D eigenvalue weighted by molar-refractivity contribution is 6.24. The van der Waals surface area contributed by atoms with Gasteiger partial charge >= 0.3 is 0 Å². The molecule has 0 saturated heterocycles. The van der Waals surface area contributed by atoms with E-state index in [1.165, 1.54) is 76.5 Å². The minimum absolute atomic E-state index is 0.888. The van der Waals surface area contributed by atoms with Crippen molar-refractivity contribution in [3.05, 3.63) is 206 Å². The minimum atomic E-state index is 0.888. The fourth-order valence-corrected chi connectivity index (χ4v) is 9.90. The lowest BCUT2D eigenvalue weighted by Gasteiger charge is -2.20. The molecule has 11 aromatic carbocycles. The van der Waals surface area contributed by atoms with Gasteiger partial charge in [-0.3, -0.25) is 0 Å². The number of hydrogen-bond acceptors (Lipinski definition) is 2. The molecule has 0 saturated carbocycles. The van der Waals surface area contributed by atoms with Crippen molar-refractivity contribution in [2.75, 3.05) is 0 Å². The van der Waals surface area contributed by atoms with Gasteiger partial charge in [-0.25, -0.2) is 0 Å². The minimum Gasteiger partial charge on any atom is -0.456 e. The Morgan fingerprint density at radius 2 is 0.583 bits per heavy atom. The molecule has 0 amide bonds. The largest absolute Gasteiger partial charge is 0.456 e. The summed E-state index contributed by atoms with van der Waals surface area (Å²) in [6.07, 6.45) is 0. The van der Waals surface area contributed by atoms with Crippen LogP contribution in [0, 0.1) is 0 Å². The number of fused-ring (bicyclic) bond motifs is 10. The molecule has 0 N–H and O–H groups in total. The van der Waals surface area contributed by atoms with E-state index < -0.39 is 0 Å². The van der Waals surface area contributed by atoms with Gasteiger partial charge in [0.15, 0.2) is 0 Å². The molecular weight excluding hydrogens is 729 g/mol. The van der Waals surface area contributed by atoms with E-state index in [1.807, 2.05) is 12.1 Å². The average molecular weight is 763 g/mol. The van der Waals surface area contributed by atoms with Crippen molar-refractivity contribution in [1.82, 2.24) is 0 Å². The lowest BCUT2D eigenvalue weighted by molar-refractivity contribution is 0.668. The van der Waals surface area contributed by atoms with Gasteiger partial charge in [0.25, 0.3) is 0 Å². The molecule has 0 fully saturated rings. The molecule has 13 rings (SSSR count). The zero-order chi connectivity index (χ0) is 39.3. The van der Waals surface area contributed by atoms with Crippen LogP contribution in [0.2, 0.25) is 0 Å².